The van der Waals surface area contributed by atoms with Crippen LogP contribution in [0.25, 0.3) is 0 Å². The molecule has 0 saturated heterocycles. The third-order valence-corrected chi connectivity index (χ3v) is 9.64. The molecule has 0 heterocycles. The smallest absolute Gasteiger partial charge is 0.813 e. The van der Waals surface area contributed by atoms with Gasteiger partial charge in [0.25, 0.3) is 0 Å². The zero-order valence-electron chi connectivity index (χ0n) is 30.5. The molecular formula is C34H70Mo2N2O2S6-4. The van der Waals surface area contributed by atoms with Crippen molar-refractivity contribution in [2.24, 2.45) is 23.7 Å². The second-order valence-corrected chi connectivity index (χ2v) is 14.1. The van der Waals surface area contributed by atoms with E-state index in [0.29, 0.717) is 48.2 Å². The first kappa shape index (κ1) is 60.0. The van der Waals surface area contributed by atoms with Crippen molar-refractivity contribution < 1.29 is 46.3 Å². The molecule has 0 rings (SSSR count). The van der Waals surface area contributed by atoms with Crippen LogP contribution in [0.2, 0.25) is 0 Å². The van der Waals surface area contributed by atoms with Crippen molar-refractivity contribution in [3.05, 3.63) is 0 Å². The summed E-state index contributed by atoms with van der Waals surface area (Å²) in [6.45, 7) is 22.5. The maximum absolute atomic E-state index is 8.26. The zero-order chi connectivity index (χ0) is 34.8. The number of unbranched alkanes of at least 4 members (excludes halogenated alkanes) is 4. The van der Waals surface area contributed by atoms with Gasteiger partial charge in [-0.2, -0.15) is 0 Å². The maximum Gasteiger partial charge on any atom is -0.813 e. The van der Waals surface area contributed by atoms with Crippen LogP contribution >= 0.6 is 24.4 Å². The van der Waals surface area contributed by atoms with E-state index in [1.54, 1.807) is 0 Å². The quantitative estimate of drug-likeness (QED) is 0.0405. The number of thiocarbonyl (C=S) groups is 2. The van der Waals surface area contributed by atoms with Gasteiger partial charge in [-0.05, 0) is 49.4 Å². The molecule has 0 radical (unpaired) electrons. The van der Waals surface area contributed by atoms with Crippen LogP contribution in [0.1, 0.15) is 158 Å². The van der Waals surface area contributed by atoms with Crippen LogP contribution in [0.3, 0.4) is 0 Å². The van der Waals surface area contributed by atoms with Gasteiger partial charge in [0.15, 0.2) is 0 Å². The van der Waals surface area contributed by atoms with E-state index in [9.17, 15) is 0 Å². The van der Waals surface area contributed by atoms with Crippen molar-refractivity contribution in [3.8, 4) is 0 Å². The number of thiol groups is 2. The summed E-state index contributed by atoms with van der Waals surface area (Å²) in [6.07, 6.45) is 20.6. The molecule has 0 spiro atoms. The molecule has 0 aliphatic heterocycles. The van der Waals surface area contributed by atoms with Crippen LogP contribution in [0.5, 0.6) is 0 Å². The Kier molecular flexibility index (Phi) is 61.2. The van der Waals surface area contributed by atoms with E-state index in [4.69, 9.17) is 56.5 Å². The van der Waals surface area contributed by atoms with Crippen molar-refractivity contribution >= 4 is 85.3 Å². The van der Waals surface area contributed by atoms with Crippen LogP contribution in [0.15, 0.2) is 0 Å². The van der Waals surface area contributed by atoms with Gasteiger partial charge in [0.2, 0.25) is 0 Å². The second-order valence-electron chi connectivity index (χ2n) is 12.0. The number of nitrogens with zero attached hydrogens (tertiary/aromatic N) is 2. The fourth-order valence-electron chi connectivity index (χ4n) is 5.36. The third kappa shape index (κ3) is 37.2. The van der Waals surface area contributed by atoms with Crippen LogP contribution in [-0.2, 0) is 98.6 Å². The third-order valence-electron chi connectivity index (χ3n) is 8.60. The predicted octanol–water partition coefficient (Wildman–Crippen LogP) is 10.3. The Hall–Kier alpha value is 1.90. The van der Waals surface area contributed by atoms with Crippen LogP contribution < -0.4 is 0 Å². The van der Waals surface area contributed by atoms with E-state index in [0.717, 1.165) is 49.9 Å². The van der Waals surface area contributed by atoms with Gasteiger partial charge in [-0.15, -0.1) is 0 Å². The van der Waals surface area contributed by atoms with Crippen molar-refractivity contribution in [3.63, 3.8) is 0 Å². The molecule has 0 amide bonds. The standard InChI is InChI=1S/2C17H35NS2.2Mo.2O.2H2S/c2*1-5-9-11-15(7-3)13-18(17(19)20)14-16(8-4)12-10-6-2;;;;;;/h2*15-16H,5-14H2,1-4H3,(H,19,20);;;;;2*1H2/p-4. The van der Waals surface area contributed by atoms with E-state index < -0.39 is 0 Å². The minimum absolute atomic E-state index is 0. The summed E-state index contributed by atoms with van der Waals surface area (Å²) in [5, 5.41) is 0. The molecule has 0 N–H and O–H groups in total. The molecule has 4 unspecified atom stereocenters. The Labute approximate surface area is 346 Å². The number of rotatable bonds is 24. The van der Waals surface area contributed by atoms with Gasteiger partial charge in [-0.3, -0.25) is 0 Å². The number of hydrogen-bond donors (Lipinski definition) is 0. The number of hydrogen-bond acceptors (Lipinski definition) is 8. The maximum atomic E-state index is 8.26. The van der Waals surface area contributed by atoms with Crippen LogP contribution in [0.4, 0.5) is 0 Å². The Bertz CT molecular complexity index is 556. The Balaban J connectivity index is -0.000000151. The molecular weight excluding hydrogens is 853 g/mol. The minimum atomic E-state index is 0. The van der Waals surface area contributed by atoms with Gasteiger partial charge in [0, 0.05) is 26.2 Å². The Morgan fingerprint density at radius 1 is 0.478 bits per heavy atom. The topological polar surface area (TPSA) is 40.6 Å². The van der Waals surface area contributed by atoms with E-state index >= 15 is 0 Å². The molecule has 0 aromatic heterocycles. The monoisotopic (exact) mass is 926 g/mol. The molecule has 4 atom stereocenters. The summed E-state index contributed by atoms with van der Waals surface area (Å²) in [6, 6.07) is 0. The molecule has 0 saturated carbocycles. The predicted molar refractivity (Wildman–Crippen MR) is 215 cm³/mol. The van der Waals surface area contributed by atoms with Gasteiger partial charge in [0.05, 0.1) is 0 Å². The summed E-state index contributed by atoms with van der Waals surface area (Å²) in [5.74, 6) is 3.00. The van der Waals surface area contributed by atoms with Crippen molar-refractivity contribution in [1.29, 1.82) is 0 Å². The normalized spacial score (nSPS) is 12.3. The van der Waals surface area contributed by atoms with E-state index in [1.165, 1.54) is 103 Å². The molecule has 12 heteroatoms. The molecule has 0 aromatic carbocycles. The first-order chi connectivity index (χ1) is 21.2. The zero-order valence-corrected chi connectivity index (χ0v) is 39.6. The molecule has 0 fully saturated rings. The van der Waals surface area contributed by atoms with E-state index in [1.807, 2.05) is 0 Å². The molecule has 4 nitrogen and oxygen atoms in total. The molecule has 46 heavy (non-hydrogen) atoms. The minimum Gasteiger partial charge on any atom is -0.813 e. The first-order valence-electron chi connectivity index (χ1n) is 17.4. The summed E-state index contributed by atoms with van der Waals surface area (Å²) in [5.41, 5.74) is 0. The fourth-order valence-corrected chi connectivity index (χ4v) is 5.96. The van der Waals surface area contributed by atoms with Gasteiger partial charge in [-0.25, -0.2) is 0 Å². The largest absolute Gasteiger partial charge is 0.813 e. The molecule has 0 aliphatic rings. The summed E-state index contributed by atoms with van der Waals surface area (Å²) in [7, 11) is 0. The van der Waals surface area contributed by atoms with Crippen LogP contribution in [0, 0.1) is 23.7 Å². The summed E-state index contributed by atoms with van der Waals surface area (Å²) in [4.78, 5) is 4.61. The average Bonchev–Trinajstić information content (AvgIpc) is 3.05. The molecule has 0 aromatic rings. The van der Waals surface area contributed by atoms with Gasteiger partial charge in [-0.1, -0.05) is 141 Å². The second kappa shape index (κ2) is 46.9. The van der Waals surface area contributed by atoms with Gasteiger partial charge >= 0.3 is 46.3 Å². The fraction of sp³-hybridized carbons (Fsp3) is 0.941. The van der Waals surface area contributed by atoms with Crippen molar-refractivity contribution in [2.45, 2.75) is 158 Å². The summed E-state index contributed by atoms with van der Waals surface area (Å²) < 4.78 is 17.9. The van der Waals surface area contributed by atoms with Gasteiger partial charge < -0.3 is 86.5 Å². The van der Waals surface area contributed by atoms with Crippen LogP contribution in [-0.4, -0.2) is 44.6 Å². The molecule has 0 bridgehead atoms. The average molecular weight is 923 g/mol. The molecule has 280 valence electrons. The first-order valence-corrected chi connectivity index (χ1v) is 20.7. The SMILES string of the molecule is CCCCC(CC)CN(CC(CC)CCCC)C(=S)[S-].CCCCC(CC)CN(CC(CC)CCCC)C(=S)[S-].[O]=[Mo].[O]=[Mo].[SH-].[SH-]. The van der Waals surface area contributed by atoms with Crippen molar-refractivity contribution in [2.75, 3.05) is 26.2 Å². The Morgan fingerprint density at radius 2 is 0.652 bits per heavy atom. The van der Waals surface area contributed by atoms with Crippen molar-refractivity contribution in [1.82, 2.24) is 9.80 Å². The van der Waals surface area contributed by atoms with E-state index in [2.05, 4.69) is 65.2 Å². The Morgan fingerprint density at radius 3 is 0.761 bits per heavy atom. The molecule has 0 aliphatic carbocycles. The summed E-state index contributed by atoms with van der Waals surface area (Å²) >= 11 is 22.7. The van der Waals surface area contributed by atoms with E-state index in [-0.39, 0.29) is 27.0 Å². The van der Waals surface area contributed by atoms with Gasteiger partial charge in [0.1, 0.15) is 0 Å².